The van der Waals surface area contributed by atoms with Crippen LogP contribution in [0.15, 0.2) is 28.8 Å². The average molecular weight is 302 g/mol. The van der Waals surface area contributed by atoms with Crippen molar-refractivity contribution in [2.24, 2.45) is 0 Å². The van der Waals surface area contributed by atoms with Crippen molar-refractivity contribution in [3.05, 3.63) is 41.3 Å². The van der Waals surface area contributed by atoms with E-state index in [2.05, 4.69) is 15.5 Å². The van der Waals surface area contributed by atoms with Crippen LogP contribution in [0.1, 0.15) is 42.6 Å². The minimum Gasteiger partial charge on any atom is -0.355 e. The lowest BCUT2D eigenvalue weighted by Gasteiger charge is -2.15. The maximum atomic E-state index is 11.5. The van der Waals surface area contributed by atoms with Crippen molar-refractivity contribution in [2.45, 2.75) is 32.7 Å². The summed E-state index contributed by atoms with van der Waals surface area (Å²) in [6.07, 6.45) is 0. The van der Waals surface area contributed by atoms with Crippen LogP contribution in [0.25, 0.3) is 0 Å². The molecule has 6 heteroatoms. The molecule has 1 aromatic heterocycles. The number of aromatic nitrogens is 2. The molecule has 0 aliphatic rings. The highest BCUT2D eigenvalue weighted by Gasteiger charge is 2.22. The van der Waals surface area contributed by atoms with Gasteiger partial charge in [-0.2, -0.15) is 4.98 Å². The van der Waals surface area contributed by atoms with E-state index in [1.807, 2.05) is 44.9 Å². The van der Waals surface area contributed by atoms with E-state index in [4.69, 9.17) is 4.52 Å². The number of hydrogen-bond acceptors (Lipinski definition) is 5. The molecule has 6 nitrogen and oxygen atoms in total. The summed E-state index contributed by atoms with van der Waals surface area (Å²) >= 11 is 0. The van der Waals surface area contributed by atoms with Crippen molar-refractivity contribution in [2.75, 3.05) is 19.0 Å². The van der Waals surface area contributed by atoms with E-state index in [-0.39, 0.29) is 11.3 Å². The molecule has 2 rings (SSSR count). The number of anilines is 1. The molecule has 0 bridgehead atoms. The molecule has 0 aliphatic heterocycles. The molecule has 0 aliphatic carbocycles. The summed E-state index contributed by atoms with van der Waals surface area (Å²) in [6, 6.07) is 7.45. The fourth-order valence-electron chi connectivity index (χ4n) is 1.93. The standard InChI is InChI=1S/C16H22N4O2/c1-16(2,3)14-18-15(19-22-14)20(5)10-11-6-8-12(9-7-11)13(21)17-4/h6-9H,10H2,1-5H3,(H,17,21). The highest BCUT2D eigenvalue weighted by atomic mass is 16.5. The van der Waals surface area contributed by atoms with Crippen molar-refractivity contribution in [3.63, 3.8) is 0 Å². The highest BCUT2D eigenvalue weighted by Crippen LogP contribution is 2.22. The van der Waals surface area contributed by atoms with E-state index in [0.29, 0.717) is 23.9 Å². The van der Waals surface area contributed by atoms with Gasteiger partial charge in [-0.15, -0.1) is 0 Å². The minimum atomic E-state index is -0.165. The molecule has 118 valence electrons. The maximum absolute atomic E-state index is 11.5. The van der Waals surface area contributed by atoms with Gasteiger partial charge in [-0.05, 0) is 22.9 Å². The second-order valence-electron chi connectivity index (χ2n) is 6.28. The molecule has 0 saturated heterocycles. The van der Waals surface area contributed by atoms with Gasteiger partial charge in [0.15, 0.2) is 0 Å². The van der Waals surface area contributed by atoms with Crippen molar-refractivity contribution in [3.8, 4) is 0 Å². The zero-order valence-corrected chi connectivity index (χ0v) is 13.7. The zero-order chi connectivity index (χ0) is 16.3. The van der Waals surface area contributed by atoms with Crippen LogP contribution in [0.5, 0.6) is 0 Å². The van der Waals surface area contributed by atoms with Crippen LogP contribution in [0.4, 0.5) is 5.95 Å². The molecule has 1 heterocycles. The summed E-state index contributed by atoms with van der Waals surface area (Å²) in [4.78, 5) is 17.8. The van der Waals surface area contributed by atoms with Crippen molar-refractivity contribution < 1.29 is 9.32 Å². The summed E-state index contributed by atoms with van der Waals surface area (Å²) in [5, 5.41) is 6.62. The Bertz CT molecular complexity index is 641. The Kier molecular flexibility index (Phi) is 4.49. The predicted octanol–water partition coefficient (Wildman–Crippen LogP) is 2.36. The maximum Gasteiger partial charge on any atom is 0.266 e. The summed E-state index contributed by atoms with van der Waals surface area (Å²) in [5.41, 5.74) is 1.54. The highest BCUT2D eigenvalue weighted by molar-refractivity contribution is 5.93. The van der Waals surface area contributed by atoms with Gasteiger partial charge in [-0.1, -0.05) is 32.9 Å². The first-order valence-electron chi connectivity index (χ1n) is 7.17. The summed E-state index contributed by atoms with van der Waals surface area (Å²) in [5.74, 6) is 1.08. The topological polar surface area (TPSA) is 71.3 Å². The molecule has 0 spiro atoms. The van der Waals surface area contributed by atoms with Gasteiger partial charge in [0.25, 0.3) is 11.9 Å². The number of nitrogens with zero attached hydrogens (tertiary/aromatic N) is 3. The number of amides is 1. The Labute approximate surface area is 130 Å². The van der Waals surface area contributed by atoms with Crippen LogP contribution in [-0.4, -0.2) is 30.1 Å². The number of nitrogens with one attached hydrogen (secondary N) is 1. The Morgan fingerprint density at radius 3 is 2.41 bits per heavy atom. The SMILES string of the molecule is CNC(=O)c1ccc(CN(C)c2noc(C(C)(C)C)n2)cc1. The molecule has 0 unspecified atom stereocenters. The smallest absolute Gasteiger partial charge is 0.266 e. The molecule has 0 saturated carbocycles. The van der Waals surface area contributed by atoms with Gasteiger partial charge >= 0.3 is 0 Å². The van der Waals surface area contributed by atoms with Crippen molar-refractivity contribution >= 4 is 11.9 Å². The molecule has 0 atom stereocenters. The third kappa shape index (κ3) is 3.63. The third-order valence-corrected chi connectivity index (χ3v) is 3.26. The predicted molar refractivity (Wildman–Crippen MR) is 84.9 cm³/mol. The first kappa shape index (κ1) is 16.0. The minimum absolute atomic E-state index is 0.0899. The van der Waals surface area contributed by atoms with Crippen LogP contribution < -0.4 is 10.2 Å². The normalized spacial score (nSPS) is 11.3. The lowest BCUT2D eigenvalue weighted by atomic mass is 9.97. The number of carbonyl (C=O) groups is 1. The van der Waals surface area contributed by atoms with Crippen LogP contribution in [-0.2, 0) is 12.0 Å². The van der Waals surface area contributed by atoms with E-state index >= 15 is 0 Å². The lowest BCUT2D eigenvalue weighted by molar-refractivity contribution is 0.0963. The van der Waals surface area contributed by atoms with Crippen molar-refractivity contribution in [1.82, 2.24) is 15.5 Å². The van der Waals surface area contributed by atoms with E-state index in [0.717, 1.165) is 5.56 Å². The third-order valence-electron chi connectivity index (χ3n) is 3.26. The van der Waals surface area contributed by atoms with E-state index in [1.165, 1.54) is 0 Å². The Hall–Kier alpha value is -2.37. The Balaban J connectivity index is 2.07. The molecular weight excluding hydrogens is 280 g/mol. The van der Waals surface area contributed by atoms with Gasteiger partial charge in [-0.25, -0.2) is 0 Å². The van der Waals surface area contributed by atoms with Crippen LogP contribution in [0.3, 0.4) is 0 Å². The van der Waals surface area contributed by atoms with E-state index in [1.54, 1.807) is 19.2 Å². The summed E-state index contributed by atoms with van der Waals surface area (Å²) in [7, 11) is 3.52. The molecule has 2 aromatic rings. The molecule has 1 N–H and O–H groups in total. The van der Waals surface area contributed by atoms with E-state index < -0.39 is 0 Å². The molecular formula is C16H22N4O2. The van der Waals surface area contributed by atoms with Gasteiger partial charge in [-0.3, -0.25) is 4.79 Å². The monoisotopic (exact) mass is 302 g/mol. The first-order chi connectivity index (χ1) is 10.3. The number of benzene rings is 1. The van der Waals surface area contributed by atoms with Gasteiger partial charge in [0, 0.05) is 31.6 Å². The fraction of sp³-hybridized carbons (Fsp3) is 0.438. The van der Waals surface area contributed by atoms with Gasteiger partial charge in [0.2, 0.25) is 5.89 Å². The average Bonchev–Trinajstić information content (AvgIpc) is 2.97. The fourth-order valence-corrected chi connectivity index (χ4v) is 1.93. The first-order valence-corrected chi connectivity index (χ1v) is 7.17. The number of carbonyl (C=O) groups excluding carboxylic acids is 1. The van der Waals surface area contributed by atoms with Crippen LogP contribution in [0, 0.1) is 0 Å². The second kappa shape index (κ2) is 6.17. The number of rotatable bonds is 4. The lowest BCUT2D eigenvalue weighted by Crippen LogP contribution is -2.19. The van der Waals surface area contributed by atoms with Gasteiger partial charge in [0.05, 0.1) is 0 Å². The second-order valence-corrected chi connectivity index (χ2v) is 6.28. The molecule has 22 heavy (non-hydrogen) atoms. The largest absolute Gasteiger partial charge is 0.355 e. The van der Waals surface area contributed by atoms with Crippen LogP contribution >= 0.6 is 0 Å². The summed E-state index contributed by atoms with van der Waals surface area (Å²) < 4.78 is 5.30. The number of hydrogen-bond donors (Lipinski definition) is 1. The molecule has 1 aromatic carbocycles. The van der Waals surface area contributed by atoms with Crippen LogP contribution in [0.2, 0.25) is 0 Å². The quantitative estimate of drug-likeness (QED) is 0.938. The van der Waals surface area contributed by atoms with Gasteiger partial charge in [0.1, 0.15) is 0 Å². The van der Waals surface area contributed by atoms with Crippen molar-refractivity contribution in [1.29, 1.82) is 0 Å². The Morgan fingerprint density at radius 2 is 1.91 bits per heavy atom. The van der Waals surface area contributed by atoms with E-state index in [9.17, 15) is 4.79 Å². The summed E-state index contributed by atoms with van der Waals surface area (Å²) in [6.45, 7) is 6.72. The molecule has 1 amide bonds. The molecule has 0 fully saturated rings. The Morgan fingerprint density at radius 1 is 1.27 bits per heavy atom. The zero-order valence-electron chi connectivity index (χ0n) is 13.7. The molecule has 0 radical (unpaired) electrons. The van der Waals surface area contributed by atoms with Gasteiger partial charge < -0.3 is 14.7 Å².